The second-order valence-electron chi connectivity index (χ2n) is 4.35. The van der Waals surface area contributed by atoms with Gasteiger partial charge in [-0.3, -0.25) is 0 Å². The van der Waals surface area contributed by atoms with Crippen LogP contribution in [-0.2, 0) is 0 Å². The quantitative estimate of drug-likeness (QED) is 0.713. The molecule has 16 heavy (non-hydrogen) atoms. The summed E-state index contributed by atoms with van der Waals surface area (Å²) in [6.45, 7) is 0.722. The average molecular weight is 324 g/mol. The van der Waals surface area contributed by atoms with Crippen LogP contribution in [-0.4, -0.2) is 11.9 Å². The first-order valence-corrected chi connectivity index (χ1v) is 7.17. The zero-order chi connectivity index (χ0) is 11.6. The third kappa shape index (κ3) is 2.66. The lowest BCUT2D eigenvalue weighted by Gasteiger charge is -2.40. The van der Waals surface area contributed by atoms with Crippen LogP contribution < -0.4 is 4.74 Å². The molecule has 0 unspecified atom stereocenters. The first-order chi connectivity index (χ1) is 7.65. The van der Waals surface area contributed by atoms with Crippen LogP contribution in [0, 0.1) is 5.41 Å². The van der Waals surface area contributed by atoms with Crippen molar-refractivity contribution in [3.63, 3.8) is 0 Å². The Morgan fingerprint density at radius 2 is 2.06 bits per heavy atom. The van der Waals surface area contributed by atoms with Crippen LogP contribution in [0.15, 0.2) is 18.2 Å². The summed E-state index contributed by atoms with van der Waals surface area (Å²) in [6.07, 6.45) is 3.75. The second kappa shape index (κ2) is 5.16. The van der Waals surface area contributed by atoms with Gasteiger partial charge >= 0.3 is 0 Å². The summed E-state index contributed by atoms with van der Waals surface area (Å²) < 4.78 is 5.77. The van der Waals surface area contributed by atoms with Crippen LogP contribution >= 0.6 is 39.1 Å². The first kappa shape index (κ1) is 12.5. The maximum absolute atomic E-state index is 6.04. The van der Waals surface area contributed by atoms with Gasteiger partial charge in [-0.2, -0.15) is 0 Å². The van der Waals surface area contributed by atoms with E-state index >= 15 is 0 Å². The molecule has 0 saturated heterocycles. The Balaban J connectivity index is 1.99. The second-order valence-corrected chi connectivity index (χ2v) is 5.75. The van der Waals surface area contributed by atoms with Crippen LogP contribution in [0.4, 0.5) is 0 Å². The molecule has 4 heteroatoms. The molecule has 0 spiro atoms. The predicted octanol–water partition coefficient (Wildman–Crippen LogP) is 4.94. The highest BCUT2D eigenvalue weighted by Gasteiger charge is 2.36. The van der Waals surface area contributed by atoms with Crippen LogP contribution in [0.1, 0.15) is 19.3 Å². The van der Waals surface area contributed by atoms with E-state index < -0.39 is 0 Å². The molecule has 0 bridgehead atoms. The fourth-order valence-electron chi connectivity index (χ4n) is 1.82. The van der Waals surface area contributed by atoms with E-state index in [-0.39, 0.29) is 0 Å². The molecular formula is C12H13BrCl2O. The summed E-state index contributed by atoms with van der Waals surface area (Å²) in [7, 11) is 0. The average Bonchev–Trinajstić information content (AvgIpc) is 2.19. The van der Waals surface area contributed by atoms with Crippen LogP contribution in [0.5, 0.6) is 5.75 Å². The zero-order valence-electron chi connectivity index (χ0n) is 8.81. The van der Waals surface area contributed by atoms with E-state index in [9.17, 15) is 0 Å². The number of alkyl halides is 1. The number of hydrogen-bond donors (Lipinski definition) is 0. The Morgan fingerprint density at radius 3 is 2.56 bits per heavy atom. The van der Waals surface area contributed by atoms with Crippen molar-refractivity contribution >= 4 is 39.1 Å². The van der Waals surface area contributed by atoms with Gasteiger partial charge in [0, 0.05) is 15.8 Å². The molecule has 1 nitrogen and oxygen atoms in total. The molecule has 1 aliphatic carbocycles. The Labute approximate surface area is 114 Å². The number of ether oxygens (including phenoxy) is 1. The summed E-state index contributed by atoms with van der Waals surface area (Å²) in [5.74, 6) is 0.721. The van der Waals surface area contributed by atoms with Gasteiger partial charge in [-0.25, -0.2) is 0 Å². The maximum Gasteiger partial charge on any atom is 0.138 e. The topological polar surface area (TPSA) is 9.23 Å². The van der Waals surface area contributed by atoms with E-state index in [1.807, 2.05) is 6.07 Å². The Bertz CT molecular complexity index is 372. The summed E-state index contributed by atoms with van der Waals surface area (Å²) in [4.78, 5) is 0. The Morgan fingerprint density at radius 1 is 1.31 bits per heavy atom. The van der Waals surface area contributed by atoms with Gasteiger partial charge in [0.25, 0.3) is 0 Å². The number of benzene rings is 1. The van der Waals surface area contributed by atoms with Crippen molar-refractivity contribution in [3.05, 3.63) is 28.2 Å². The van der Waals surface area contributed by atoms with E-state index in [1.54, 1.807) is 12.1 Å². The molecule has 88 valence electrons. The minimum Gasteiger partial charge on any atom is -0.491 e. The van der Waals surface area contributed by atoms with Gasteiger partial charge < -0.3 is 4.74 Å². The molecule has 0 amide bonds. The SMILES string of the molecule is Clc1ccc(OCC2(CBr)CCC2)c(Cl)c1. The largest absolute Gasteiger partial charge is 0.491 e. The zero-order valence-corrected chi connectivity index (χ0v) is 11.9. The lowest BCUT2D eigenvalue weighted by Crippen LogP contribution is -2.37. The van der Waals surface area contributed by atoms with Crippen molar-refractivity contribution in [2.24, 2.45) is 5.41 Å². The molecule has 0 heterocycles. The standard InChI is InChI=1S/C12H13BrCl2O/c13-7-12(4-1-5-12)8-16-11-3-2-9(14)6-10(11)15/h2-3,6H,1,4-5,7-8H2. The lowest BCUT2D eigenvalue weighted by molar-refractivity contribution is 0.0839. The molecule has 1 aromatic carbocycles. The van der Waals surface area contributed by atoms with E-state index in [4.69, 9.17) is 27.9 Å². The van der Waals surface area contributed by atoms with E-state index in [2.05, 4.69) is 15.9 Å². The van der Waals surface area contributed by atoms with E-state index in [0.29, 0.717) is 15.5 Å². The molecule has 2 rings (SSSR count). The maximum atomic E-state index is 6.04. The van der Waals surface area contributed by atoms with Crippen molar-refractivity contribution in [3.8, 4) is 5.75 Å². The van der Waals surface area contributed by atoms with Crippen LogP contribution in [0.3, 0.4) is 0 Å². The van der Waals surface area contributed by atoms with Crippen LogP contribution in [0.25, 0.3) is 0 Å². The third-order valence-electron chi connectivity index (χ3n) is 3.13. The predicted molar refractivity (Wildman–Crippen MR) is 72.0 cm³/mol. The Kier molecular flexibility index (Phi) is 4.04. The first-order valence-electron chi connectivity index (χ1n) is 5.29. The van der Waals surface area contributed by atoms with Gasteiger partial charge in [-0.15, -0.1) is 0 Å². The number of rotatable bonds is 4. The van der Waals surface area contributed by atoms with Gasteiger partial charge in [0.1, 0.15) is 5.75 Å². The van der Waals surface area contributed by atoms with Crippen molar-refractivity contribution in [1.29, 1.82) is 0 Å². The van der Waals surface area contributed by atoms with Crippen molar-refractivity contribution in [1.82, 2.24) is 0 Å². The molecular weight excluding hydrogens is 311 g/mol. The minimum absolute atomic E-state index is 0.308. The summed E-state index contributed by atoms with van der Waals surface area (Å²) in [5, 5.41) is 2.21. The minimum atomic E-state index is 0.308. The molecule has 1 aliphatic rings. The molecule has 0 aromatic heterocycles. The Hall–Kier alpha value is 0.0800. The fraction of sp³-hybridized carbons (Fsp3) is 0.500. The molecule has 1 saturated carbocycles. The highest BCUT2D eigenvalue weighted by Crippen LogP contribution is 2.43. The van der Waals surface area contributed by atoms with Crippen molar-refractivity contribution < 1.29 is 4.74 Å². The van der Waals surface area contributed by atoms with Gasteiger partial charge in [0.05, 0.1) is 11.6 Å². The van der Waals surface area contributed by atoms with Crippen LogP contribution in [0.2, 0.25) is 10.0 Å². The van der Waals surface area contributed by atoms with Gasteiger partial charge in [-0.05, 0) is 31.0 Å². The van der Waals surface area contributed by atoms with E-state index in [0.717, 1.165) is 17.7 Å². The van der Waals surface area contributed by atoms with Gasteiger partial charge in [0.2, 0.25) is 0 Å². The highest BCUT2D eigenvalue weighted by atomic mass is 79.9. The highest BCUT2D eigenvalue weighted by molar-refractivity contribution is 9.09. The summed E-state index contributed by atoms with van der Waals surface area (Å²) in [5.41, 5.74) is 0.308. The normalized spacial score (nSPS) is 17.9. The van der Waals surface area contributed by atoms with Gasteiger partial charge in [0.15, 0.2) is 0 Å². The smallest absolute Gasteiger partial charge is 0.138 e. The molecule has 0 radical (unpaired) electrons. The van der Waals surface area contributed by atoms with E-state index in [1.165, 1.54) is 19.3 Å². The molecule has 0 N–H and O–H groups in total. The van der Waals surface area contributed by atoms with Gasteiger partial charge in [-0.1, -0.05) is 45.6 Å². The van der Waals surface area contributed by atoms with Crippen molar-refractivity contribution in [2.45, 2.75) is 19.3 Å². The number of hydrogen-bond acceptors (Lipinski definition) is 1. The fourth-order valence-corrected chi connectivity index (χ4v) is 3.00. The lowest BCUT2D eigenvalue weighted by atomic mass is 9.71. The molecule has 1 fully saturated rings. The monoisotopic (exact) mass is 322 g/mol. The third-order valence-corrected chi connectivity index (χ3v) is 4.85. The summed E-state index contributed by atoms with van der Waals surface area (Å²) >= 11 is 15.4. The number of halogens is 3. The summed E-state index contributed by atoms with van der Waals surface area (Å²) in [6, 6.07) is 5.33. The molecule has 1 aromatic rings. The molecule has 0 atom stereocenters. The molecule has 0 aliphatic heterocycles. The van der Waals surface area contributed by atoms with Crippen molar-refractivity contribution in [2.75, 3.05) is 11.9 Å².